The van der Waals surface area contributed by atoms with E-state index in [9.17, 15) is 9.59 Å². The Morgan fingerprint density at radius 1 is 1.61 bits per heavy atom. The Labute approximate surface area is 108 Å². The summed E-state index contributed by atoms with van der Waals surface area (Å²) >= 11 is 1.30. The number of ether oxygens (including phenoxy) is 1. The molecule has 1 atom stereocenters. The van der Waals surface area contributed by atoms with Crippen LogP contribution in [0.4, 0.5) is 9.93 Å². The maximum absolute atomic E-state index is 11.4. The first-order chi connectivity index (χ1) is 8.61. The van der Waals surface area contributed by atoms with Gasteiger partial charge in [0.2, 0.25) is 0 Å². The monoisotopic (exact) mass is 273 g/mol. The van der Waals surface area contributed by atoms with Gasteiger partial charge in [-0.05, 0) is 6.92 Å². The number of aliphatic carboxylic acids is 1. The van der Waals surface area contributed by atoms with Crippen LogP contribution in [0.5, 0.6) is 0 Å². The van der Waals surface area contributed by atoms with Gasteiger partial charge in [0.05, 0.1) is 12.5 Å². The van der Waals surface area contributed by atoms with Crippen LogP contribution in [0, 0.1) is 0 Å². The summed E-state index contributed by atoms with van der Waals surface area (Å²) in [5, 5.41) is 16.0. The van der Waals surface area contributed by atoms with Crippen LogP contribution in [0.2, 0.25) is 0 Å². The Balaban J connectivity index is 2.32. The largest absolute Gasteiger partial charge is 0.481 e. The third-order valence-corrected chi connectivity index (χ3v) is 2.64. The lowest BCUT2D eigenvalue weighted by molar-refractivity contribution is -0.140. The summed E-state index contributed by atoms with van der Waals surface area (Å²) in [5.74, 6) is -0.962. The molecule has 1 unspecified atom stereocenters. The standard InChI is InChI=1S/C10H15N3O4S/c1-2-17-7(5-8(14)15)6-12-9(16)13-10-11-3-4-18-10/h3-4,7H,2,5-6H2,1H3,(H,14,15)(H2,11,12,13,16). The molecule has 8 heteroatoms. The molecule has 0 saturated heterocycles. The van der Waals surface area contributed by atoms with Gasteiger partial charge in [0.1, 0.15) is 0 Å². The van der Waals surface area contributed by atoms with Gasteiger partial charge in [0.15, 0.2) is 5.13 Å². The third kappa shape index (κ3) is 5.60. The van der Waals surface area contributed by atoms with Gasteiger partial charge >= 0.3 is 12.0 Å². The topological polar surface area (TPSA) is 101 Å². The third-order valence-electron chi connectivity index (χ3n) is 1.95. The number of thiazole rings is 1. The number of urea groups is 1. The van der Waals surface area contributed by atoms with Gasteiger partial charge in [-0.2, -0.15) is 0 Å². The molecule has 1 aromatic rings. The summed E-state index contributed by atoms with van der Waals surface area (Å²) < 4.78 is 5.20. The first-order valence-corrected chi connectivity index (χ1v) is 6.27. The highest BCUT2D eigenvalue weighted by atomic mass is 32.1. The van der Waals surface area contributed by atoms with Crippen molar-refractivity contribution in [2.45, 2.75) is 19.4 Å². The fourth-order valence-electron chi connectivity index (χ4n) is 1.25. The maximum atomic E-state index is 11.4. The first-order valence-electron chi connectivity index (χ1n) is 5.39. The van der Waals surface area contributed by atoms with Crippen molar-refractivity contribution in [3.05, 3.63) is 11.6 Å². The van der Waals surface area contributed by atoms with Crippen molar-refractivity contribution in [1.29, 1.82) is 0 Å². The molecule has 0 aliphatic rings. The van der Waals surface area contributed by atoms with Crippen LogP contribution >= 0.6 is 11.3 Å². The molecule has 0 aliphatic carbocycles. The van der Waals surface area contributed by atoms with Gasteiger partial charge in [0, 0.05) is 24.7 Å². The van der Waals surface area contributed by atoms with E-state index in [4.69, 9.17) is 9.84 Å². The average molecular weight is 273 g/mol. The predicted octanol–water partition coefficient (Wildman–Crippen LogP) is 1.14. The Bertz CT molecular complexity index is 382. The minimum atomic E-state index is -0.962. The van der Waals surface area contributed by atoms with Crippen LogP contribution in [0.25, 0.3) is 0 Å². The highest BCUT2D eigenvalue weighted by Crippen LogP contribution is 2.09. The fraction of sp³-hybridized carbons (Fsp3) is 0.500. The van der Waals surface area contributed by atoms with Crippen LogP contribution in [0.3, 0.4) is 0 Å². The van der Waals surface area contributed by atoms with Crippen LogP contribution in [0.1, 0.15) is 13.3 Å². The van der Waals surface area contributed by atoms with Crippen LogP contribution in [-0.4, -0.2) is 41.3 Å². The predicted molar refractivity (Wildman–Crippen MR) is 66.8 cm³/mol. The number of nitrogens with one attached hydrogen (secondary N) is 2. The maximum Gasteiger partial charge on any atom is 0.321 e. The van der Waals surface area contributed by atoms with Crippen molar-refractivity contribution in [3.63, 3.8) is 0 Å². The minimum absolute atomic E-state index is 0.136. The molecule has 2 amide bonds. The van der Waals surface area contributed by atoms with Crippen LogP contribution in [-0.2, 0) is 9.53 Å². The molecule has 0 spiro atoms. The van der Waals surface area contributed by atoms with Gasteiger partial charge in [-0.3, -0.25) is 10.1 Å². The second-order valence-corrected chi connectivity index (χ2v) is 4.24. The molecule has 0 aliphatic heterocycles. The van der Waals surface area contributed by atoms with Crippen molar-refractivity contribution < 1.29 is 19.4 Å². The lowest BCUT2D eigenvalue weighted by Crippen LogP contribution is -2.37. The molecule has 100 valence electrons. The Hall–Kier alpha value is -1.67. The lowest BCUT2D eigenvalue weighted by atomic mass is 10.2. The van der Waals surface area contributed by atoms with E-state index in [1.807, 2.05) is 0 Å². The number of carboxylic acid groups (broad SMARTS) is 1. The van der Waals surface area contributed by atoms with Crippen molar-refractivity contribution in [1.82, 2.24) is 10.3 Å². The van der Waals surface area contributed by atoms with Crippen LogP contribution in [0.15, 0.2) is 11.6 Å². The molecule has 0 saturated carbocycles. The molecule has 0 aromatic carbocycles. The van der Waals surface area contributed by atoms with E-state index < -0.39 is 18.1 Å². The lowest BCUT2D eigenvalue weighted by Gasteiger charge is -2.15. The summed E-state index contributed by atoms with van der Waals surface area (Å²) in [7, 11) is 0. The zero-order valence-corrected chi connectivity index (χ0v) is 10.7. The molecular formula is C10H15N3O4S. The van der Waals surface area contributed by atoms with Gasteiger partial charge in [-0.25, -0.2) is 9.78 Å². The Morgan fingerprint density at radius 3 is 2.94 bits per heavy atom. The minimum Gasteiger partial charge on any atom is -0.481 e. The van der Waals surface area contributed by atoms with Crippen molar-refractivity contribution >= 4 is 28.5 Å². The number of anilines is 1. The number of rotatable bonds is 7. The van der Waals surface area contributed by atoms with Gasteiger partial charge in [-0.15, -0.1) is 11.3 Å². The van der Waals surface area contributed by atoms with E-state index in [-0.39, 0.29) is 13.0 Å². The molecule has 1 rings (SSSR count). The van der Waals surface area contributed by atoms with E-state index in [1.165, 1.54) is 11.3 Å². The molecule has 0 fully saturated rings. The summed E-state index contributed by atoms with van der Waals surface area (Å²) in [5.41, 5.74) is 0. The Kier molecular flexibility index (Phi) is 6.09. The van der Waals surface area contributed by atoms with E-state index in [0.29, 0.717) is 11.7 Å². The van der Waals surface area contributed by atoms with Gasteiger partial charge in [-0.1, -0.05) is 0 Å². The van der Waals surface area contributed by atoms with E-state index >= 15 is 0 Å². The molecule has 18 heavy (non-hydrogen) atoms. The summed E-state index contributed by atoms with van der Waals surface area (Å²) in [6, 6.07) is -0.431. The molecule has 7 nitrogen and oxygen atoms in total. The first kappa shape index (κ1) is 14.4. The molecule has 3 N–H and O–H groups in total. The average Bonchev–Trinajstić information content (AvgIpc) is 2.78. The second-order valence-electron chi connectivity index (χ2n) is 3.35. The second kappa shape index (κ2) is 7.62. The molecular weight excluding hydrogens is 258 g/mol. The van der Waals surface area contributed by atoms with Crippen LogP contribution < -0.4 is 10.6 Å². The smallest absolute Gasteiger partial charge is 0.321 e. The number of nitrogens with zero attached hydrogens (tertiary/aromatic N) is 1. The number of carboxylic acids is 1. The van der Waals surface area contributed by atoms with Crippen molar-refractivity contribution in [2.24, 2.45) is 0 Å². The highest BCUT2D eigenvalue weighted by Gasteiger charge is 2.14. The van der Waals surface area contributed by atoms with E-state index in [0.717, 1.165) is 0 Å². The zero-order valence-electron chi connectivity index (χ0n) is 9.88. The summed E-state index contributed by atoms with van der Waals surface area (Å²) in [6.45, 7) is 2.30. The summed E-state index contributed by atoms with van der Waals surface area (Å²) in [6.07, 6.45) is 0.897. The van der Waals surface area contributed by atoms with Crippen molar-refractivity contribution in [3.8, 4) is 0 Å². The number of hydrogen-bond donors (Lipinski definition) is 3. The Morgan fingerprint density at radius 2 is 2.39 bits per heavy atom. The number of carbonyl (C=O) groups is 2. The summed E-state index contributed by atoms with van der Waals surface area (Å²) in [4.78, 5) is 25.9. The quantitative estimate of drug-likeness (QED) is 0.691. The fourth-order valence-corrected chi connectivity index (χ4v) is 1.78. The number of amides is 2. The highest BCUT2D eigenvalue weighted by molar-refractivity contribution is 7.13. The molecule has 0 radical (unpaired) electrons. The number of aromatic nitrogens is 1. The van der Waals surface area contributed by atoms with Crippen molar-refractivity contribution in [2.75, 3.05) is 18.5 Å². The van der Waals surface area contributed by atoms with E-state index in [1.54, 1.807) is 18.5 Å². The SMILES string of the molecule is CCOC(CNC(=O)Nc1nccs1)CC(=O)O. The number of carbonyl (C=O) groups excluding carboxylic acids is 1. The van der Waals surface area contributed by atoms with E-state index in [2.05, 4.69) is 15.6 Å². The molecule has 0 bridgehead atoms. The zero-order chi connectivity index (χ0) is 13.4. The number of hydrogen-bond acceptors (Lipinski definition) is 5. The molecule has 1 aromatic heterocycles. The van der Waals surface area contributed by atoms with Gasteiger partial charge < -0.3 is 15.2 Å². The molecule has 1 heterocycles. The normalized spacial score (nSPS) is 11.8. The van der Waals surface area contributed by atoms with Gasteiger partial charge in [0.25, 0.3) is 0 Å².